The Labute approximate surface area is 72.7 Å². The van der Waals surface area contributed by atoms with Crippen LogP contribution in [-0.2, 0) is 4.74 Å². The molecule has 1 fully saturated rings. The van der Waals surface area contributed by atoms with Crippen molar-refractivity contribution in [1.29, 1.82) is 0 Å². The molecule has 3 atom stereocenters. The first-order valence-electron chi connectivity index (χ1n) is 4.24. The SMILES string of the molecule is CO[C@H]1CN(C(O)CO)C[C@@H]1C. The van der Waals surface area contributed by atoms with Crippen LogP contribution >= 0.6 is 0 Å². The molecule has 12 heavy (non-hydrogen) atoms. The van der Waals surface area contributed by atoms with Crippen LogP contribution in [0.1, 0.15) is 6.92 Å². The zero-order chi connectivity index (χ0) is 9.14. The summed E-state index contributed by atoms with van der Waals surface area (Å²) in [7, 11) is 1.68. The summed E-state index contributed by atoms with van der Waals surface area (Å²) in [6.07, 6.45) is -0.543. The molecule has 1 aliphatic rings. The number of hydrogen-bond acceptors (Lipinski definition) is 4. The molecule has 0 radical (unpaired) electrons. The molecule has 1 unspecified atom stereocenters. The molecule has 0 aliphatic carbocycles. The third kappa shape index (κ3) is 1.95. The molecule has 72 valence electrons. The highest BCUT2D eigenvalue weighted by molar-refractivity contribution is 4.82. The van der Waals surface area contributed by atoms with Crippen LogP contribution in [0.4, 0.5) is 0 Å². The van der Waals surface area contributed by atoms with E-state index >= 15 is 0 Å². The largest absolute Gasteiger partial charge is 0.392 e. The Morgan fingerprint density at radius 1 is 1.58 bits per heavy atom. The van der Waals surface area contributed by atoms with Crippen molar-refractivity contribution in [1.82, 2.24) is 4.90 Å². The number of methoxy groups -OCH3 is 1. The zero-order valence-corrected chi connectivity index (χ0v) is 7.60. The molecule has 0 aromatic heterocycles. The second-order valence-corrected chi connectivity index (χ2v) is 3.37. The molecule has 1 saturated heterocycles. The number of aliphatic hydroxyl groups excluding tert-OH is 2. The predicted octanol–water partition coefficient (Wildman–Crippen LogP) is -0.736. The minimum atomic E-state index is -0.729. The Hall–Kier alpha value is -0.160. The molecular formula is C8H17NO3. The van der Waals surface area contributed by atoms with Gasteiger partial charge in [-0.15, -0.1) is 0 Å². The summed E-state index contributed by atoms with van der Waals surface area (Å²) in [5, 5.41) is 18.0. The summed E-state index contributed by atoms with van der Waals surface area (Å²) in [4.78, 5) is 1.83. The molecule has 1 rings (SSSR count). The van der Waals surface area contributed by atoms with Crippen LogP contribution in [0.5, 0.6) is 0 Å². The van der Waals surface area contributed by atoms with Crippen LogP contribution in [0.25, 0.3) is 0 Å². The number of aliphatic hydroxyl groups is 2. The van der Waals surface area contributed by atoms with Crippen LogP contribution in [0.3, 0.4) is 0 Å². The van der Waals surface area contributed by atoms with E-state index in [0.29, 0.717) is 12.5 Å². The lowest BCUT2D eigenvalue weighted by Crippen LogP contribution is -2.36. The molecule has 0 amide bonds. The van der Waals surface area contributed by atoms with E-state index in [2.05, 4.69) is 6.92 Å². The summed E-state index contributed by atoms with van der Waals surface area (Å²) in [6.45, 7) is 3.38. The van der Waals surface area contributed by atoms with Crippen LogP contribution in [0.15, 0.2) is 0 Å². The quantitative estimate of drug-likeness (QED) is 0.593. The highest BCUT2D eigenvalue weighted by Crippen LogP contribution is 2.19. The summed E-state index contributed by atoms with van der Waals surface area (Å²) in [6, 6.07) is 0. The maximum atomic E-state index is 9.31. The maximum absolute atomic E-state index is 9.31. The number of rotatable bonds is 3. The Morgan fingerprint density at radius 2 is 2.25 bits per heavy atom. The van der Waals surface area contributed by atoms with E-state index in [1.807, 2.05) is 4.90 Å². The summed E-state index contributed by atoms with van der Waals surface area (Å²) in [5.74, 6) is 0.427. The summed E-state index contributed by atoms with van der Waals surface area (Å²) < 4.78 is 5.21. The normalized spacial score (nSPS) is 34.0. The van der Waals surface area contributed by atoms with Gasteiger partial charge in [0.1, 0.15) is 6.23 Å². The Balaban J connectivity index is 2.42. The van der Waals surface area contributed by atoms with Crippen molar-refractivity contribution in [3.63, 3.8) is 0 Å². The molecule has 4 heteroatoms. The van der Waals surface area contributed by atoms with E-state index in [9.17, 15) is 5.11 Å². The van der Waals surface area contributed by atoms with Crippen LogP contribution in [-0.4, -0.2) is 54.3 Å². The van der Waals surface area contributed by atoms with Crippen molar-refractivity contribution in [2.24, 2.45) is 5.92 Å². The van der Waals surface area contributed by atoms with Gasteiger partial charge in [-0.3, -0.25) is 4.90 Å². The number of hydrogen-bond donors (Lipinski definition) is 2. The van der Waals surface area contributed by atoms with E-state index in [1.165, 1.54) is 0 Å². The molecule has 0 bridgehead atoms. The molecule has 4 nitrogen and oxygen atoms in total. The maximum Gasteiger partial charge on any atom is 0.130 e. The average molecular weight is 175 g/mol. The highest BCUT2D eigenvalue weighted by atomic mass is 16.5. The van der Waals surface area contributed by atoms with Crippen molar-refractivity contribution in [3.05, 3.63) is 0 Å². The van der Waals surface area contributed by atoms with Crippen molar-refractivity contribution in [2.75, 3.05) is 26.8 Å². The molecule has 1 aliphatic heterocycles. The fourth-order valence-electron chi connectivity index (χ4n) is 1.64. The monoisotopic (exact) mass is 175 g/mol. The fourth-order valence-corrected chi connectivity index (χ4v) is 1.64. The second kappa shape index (κ2) is 4.18. The van der Waals surface area contributed by atoms with Gasteiger partial charge in [-0.25, -0.2) is 0 Å². The van der Waals surface area contributed by atoms with E-state index in [0.717, 1.165) is 6.54 Å². The predicted molar refractivity (Wildman–Crippen MR) is 44.6 cm³/mol. The van der Waals surface area contributed by atoms with Crippen LogP contribution in [0.2, 0.25) is 0 Å². The van der Waals surface area contributed by atoms with Gasteiger partial charge in [-0.2, -0.15) is 0 Å². The average Bonchev–Trinajstić information content (AvgIpc) is 2.45. The molecule has 0 aromatic carbocycles. The first-order valence-corrected chi connectivity index (χ1v) is 4.24. The van der Waals surface area contributed by atoms with Crippen LogP contribution in [0, 0.1) is 5.92 Å². The molecule has 0 spiro atoms. The lowest BCUT2D eigenvalue weighted by molar-refractivity contribution is -0.0296. The number of nitrogens with zero attached hydrogens (tertiary/aromatic N) is 1. The molecule has 1 heterocycles. The number of ether oxygens (including phenoxy) is 1. The Morgan fingerprint density at radius 3 is 2.67 bits per heavy atom. The lowest BCUT2D eigenvalue weighted by atomic mass is 10.1. The van der Waals surface area contributed by atoms with E-state index < -0.39 is 6.23 Å². The molecule has 2 N–H and O–H groups in total. The van der Waals surface area contributed by atoms with E-state index in [-0.39, 0.29) is 12.7 Å². The van der Waals surface area contributed by atoms with Gasteiger partial charge >= 0.3 is 0 Å². The zero-order valence-electron chi connectivity index (χ0n) is 7.60. The molecule has 0 saturated carbocycles. The Bertz CT molecular complexity index is 142. The van der Waals surface area contributed by atoms with Gasteiger partial charge in [-0.05, 0) is 5.92 Å². The first-order chi connectivity index (χ1) is 5.69. The van der Waals surface area contributed by atoms with Gasteiger partial charge in [-0.1, -0.05) is 6.92 Å². The Kier molecular flexibility index (Phi) is 3.46. The topological polar surface area (TPSA) is 52.9 Å². The smallest absolute Gasteiger partial charge is 0.130 e. The minimum absolute atomic E-state index is 0.186. The number of likely N-dealkylation sites (tertiary alicyclic amines) is 1. The van der Waals surface area contributed by atoms with Crippen molar-refractivity contribution < 1.29 is 14.9 Å². The van der Waals surface area contributed by atoms with Crippen LogP contribution < -0.4 is 0 Å². The highest BCUT2D eigenvalue weighted by Gasteiger charge is 2.32. The van der Waals surface area contributed by atoms with Gasteiger partial charge in [0.2, 0.25) is 0 Å². The first kappa shape index (κ1) is 9.92. The van der Waals surface area contributed by atoms with Gasteiger partial charge in [0, 0.05) is 20.2 Å². The van der Waals surface area contributed by atoms with E-state index in [1.54, 1.807) is 7.11 Å². The molecular weight excluding hydrogens is 158 g/mol. The minimum Gasteiger partial charge on any atom is -0.392 e. The van der Waals surface area contributed by atoms with E-state index in [4.69, 9.17) is 9.84 Å². The third-order valence-corrected chi connectivity index (χ3v) is 2.46. The van der Waals surface area contributed by atoms with Gasteiger partial charge in [0.15, 0.2) is 0 Å². The summed E-state index contributed by atoms with van der Waals surface area (Å²) in [5.41, 5.74) is 0. The van der Waals surface area contributed by atoms with Gasteiger partial charge in [0.05, 0.1) is 12.7 Å². The standard InChI is InChI=1S/C8H17NO3/c1-6-3-9(8(11)5-10)4-7(6)12-2/h6-8,10-11H,3-5H2,1-2H3/t6-,7-,8?/m0/s1. The van der Waals surface area contributed by atoms with Gasteiger partial charge in [0.25, 0.3) is 0 Å². The second-order valence-electron chi connectivity index (χ2n) is 3.37. The third-order valence-electron chi connectivity index (χ3n) is 2.46. The van der Waals surface area contributed by atoms with Crippen molar-refractivity contribution >= 4 is 0 Å². The van der Waals surface area contributed by atoms with Gasteiger partial charge < -0.3 is 14.9 Å². The molecule has 0 aromatic rings. The summed E-state index contributed by atoms with van der Waals surface area (Å²) >= 11 is 0. The lowest BCUT2D eigenvalue weighted by Gasteiger charge is -2.20. The van der Waals surface area contributed by atoms with Crippen molar-refractivity contribution in [3.8, 4) is 0 Å². The fraction of sp³-hybridized carbons (Fsp3) is 1.00. The van der Waals surface area contributed by atoms with Crippen molar-refractivity contribution in [2.45, 2.75) is 19.3 Å².